The van der Waals surface area contributed by atoms with Gasteiger partial charge in [-0.25, -0.2) is 0 Å². The van der Waals surface area contributed by atoms with Crippen LogP contribution >= 0.6 is 11.6 Å². The standard InChI is InChI=1S/C11H12ClN3O/c1-7-4-3-5-9(12)11(7)13-6-10-14-8(2)16-15-10/h3-5,13H,6H2,1-2H3. The van der Waals surface area contributed by atoms with Gasteiger partial charge in [0.2, 0.25) is 5.89 Å². The van der Waals surface area contributed by atoms with Crippen molar-refractivity contribution in [2.45, 2.75) is 20.4 Å². The third-order valence-corrected chi connectivity index (χ3v) is 2.53. The van der Waals surface area contributed by atoms with E-state index >= 15 is 0 Å². The molecule has 0 aliphatic carbocycles. The fourth-order valence-corrected chi connectivity index (χ4v) is 1.72. The Balaban J connectivity index is 2.10. The van der Waals surface area contributed by atoms with Gasteiger partial charge in [-0.3, -0.25) is 0 Å². The Labute approximate surface area is 98.6 Å². The number of halogens is 1. The highest BCUT2D eigenvalue weighted by atomic mass is 35.5. The SMILES string of the molecule is Cc1nc(CNc2c(C)cccc2Cl)no1. The first-order valence-corrected chi connectivity index (χ1v) is 5.33. The van der Waals surface area contributed by atoms with Crippen molar-refractivity contribution in [3.8, 4) is 0 Å². The molecule has 5 heteroatoms. The van der Waals surface area contributed by atoms with Crippen molar-refractivity contribution in [3.05, 3.63) is 40.5 Å². The lowest BCUT2D eigenvalue weighted by Gasteiger charge is -2.09. The minimum Gasteiger partial charge on any atom is -0.376 e. The maximum Gasteiger partial charge on any atom is 0.223 e. The molecule has 0 amide bonds. The fourth-order valence-electron chi connectivity index (χ4n) is 1.44. The Morgan fingerprint density at radius 1 is 1.38 bits per heavy atom. The molecule has 0 radical (unpaired) electrons. The van der Waals surface area contributed by atoms with E-state index in [-0.39, 0.29) is 0 Å². The van der Waals surface area contributed by atoms with Gasteiger partial charge in [-0.15, -0.1) is 0 Å². The summed E-state index contributed by atoms with van der Waals surface area (Å²) in [5, 5.41) is 7.69. The largest absolute Gasteiger partial charge is 0.376 e. The molecule has 0 saturated carbocycles. The summed E-state index contributed by atoms with van der Waals surface area (Å²) in [5.74, 6) is 1.18. The van der Waals surface area contributed by atoms with Crippen LogP contribution in [0.25, 0.3) is 0 Å². The van der Waals surface area contributed by atoms with Crippen molar-refractivity contribution in [2.75, 3.05) is 5.32 Å². The van der Waals surface area contributed by atoms with Crippen molar-refractivity contribution < 1.29 is 4.52 Å². The van der Waals surface area contributed by atoms with E-state index in [4.69, 9.17) is 16.1 Å². The van der Waals surface area contributed by atoms with E-state index < -0.39 is 0 Å². The molecule has 2 aromatic rings. The molecule has 0 bridgehead atoms. The summed E-state index contributed by atoms with van der Waals surface area (Å²) in [6.07, 6.45) is 0. The third kappa shape index (κ3) is 2.33. The summed E-state index contributed by atoms with van der Waals surface area (Å²) in [4.78, 5) is 4.10. The Morgan fingerprint density at radius 3 is 2.81 bits per heavy atom. The second-order valence-corrected chi connectivity index (χ2v) is 3.92. The van der Waals surface area contributed by atoms with Crippen LogP contribution in [0.5, 0.6) is 0 Å². The average molecular weight is 238 g/mol. The van der Waals surface area contributed by atoms with Gasteiger partial charge in [0, 0.05) is 6.92 Å². The van der Waals surface area contributed by atoms with Crippen molar-refractivity contribution in [1.82, 2.24) is 10.1 Å². The number of aromatic nitrogens is 2. The molecule has 0 fully saturated rings. The third-order valence-electron chi connectivity index (χ3n) is 2.21. The van der Waals surface area contributed by atoms with E-state index in [0.29, 0.717) is 23.3 Å². The predicted octanol–water partition coefficient (Wildman–Crippen LogP) is 2.95. The molecular formula is C11H12ClN3O. The topological polar surface area (TPSA) is 51.0 Å². The zero-order valence-corrected chi connectivity index (χ0v) is 9.88. The molecule has 1 heterocycles. The van der Waals surface area contributed by atoms with E-state index in [1.807, 2.05) is 25.1 Å². The Bertz CT molecular complexity index is 475. The maximum atomic E-state index is 6.07. The first kappa shape index (κ1) is 11.0. The molecule has 16 heavy (non-hydrogen) atoms. The molecule has 1 N–H and O–H groups in total. The van der Waals surface area contributed by atoms with Gasteiger partial charge in [-0.05, 0) is 18.6 Å². The van der Waals surface area contributed by atoms with Crippen molar-refractivity contribution >= 4 is 17.3 Å². The molecule has 1 aromatic heterocycles. The molecule has 0 aliphatic heterocycles. The molecule has 0 spiro atoms. The first-order valence-electron chi connectivity index (χ1n) is 4.95. The van der Waals surface area contributed by atoms with Crippen LogP contribution in [0.1, 0.15) is 17.3 Å². The Morgan fingerprint density at radius 2 is 2.19 bits per heavy atom. The van der Waals surface area contributed by atoms with Gasteiger partial charge >= 0.3 is 0 Å². The van der Waals surface area contributed by atoms with Crippen molar-refractivity contribution in [3.63, 3.8) is 0 Å². The molecule has 0 aliphatic rings. The van der Waals surface area contributed by atoms with Crippen molar-refractivity contribution in [2.24, 2.45) is 0 Å². The predicted molar refractivity (Wildman–Crippen MR) is 62.6 cm³/mol. The van der Waals surface area contributed by atoms with Gasteiger partial charge in [0.05, 0.1) is 17.3 Å². The van der Waals surface area contributed by atoms with Crippen LogP contribution in [0.15, 0.2) is 22.7 Å². The van der Waals surface area contributed by atoms with E-state index in [1.54, 1.807) is 6.92 Å². The molecule has 84 valence electrons. The number of hydrogen-bond donors (Lipinski definition) is 1. The maximum absolute atomic E-state index is 6.07. The van der Waals surface area contributed by atoms with Gasteiger partial charge in [0.15, 0.2) is 5.82 Å². The highest BCUT2D eigenvalue weighted by Crippen LogP contribution is 2.25. The summed E-state index contributed by atoms with van der Waals surface area (Å²) in [5.41, 5.74) is 2.00. The monoisotopic (exact) mass is 237 g/mol. The lowest BCUT2D eigenvalue weighted by molar-refractivity contribution is 0.388. The number of rotatable bonds is 3. The summed E-state index contributed by atoms with van der Waals surface area (Å²) >= 11 is 6.07. The molecule has 0 unspecified atom stereocenters. The van der Waals surface area contributed by atoms with Crippen LogP contribution in [0.3, 0.4) is 0 Å². The van der Waals surface area contributed by atoms with E-state index in [1.165, 1.54) is 0 Å². The lowest BCUT2D eigenvalue weighted by atomic mass is 10.2. The molecular weight excluding hydrogens is 226 g/mol. The van der Waals surface area contributed by atoms with E-state index in [0.717, 1.165) is 11.3 Å². The number of nitrogens with one attached hydrogen (secondary N) is 1. The van der Waals surface area contributed by atoms with Crippen LogP contribution in [-0.2, 0) is 6.54 Å². The number of para-hydroxylation sites is 1. The van der Waals surface area contributed by atoms with E-state index in [9.17, 15) is 0 Å². The zero-order chi connectivity index (χ0) is 11.5. The Kier molecular flexibility index (Phi) is 3.10. The number of nitrogens with zero attached hydrogens (tertiary/aromatic N) is 2. The second kappa shape index (κ2) is 4.53. The number of hydrogen-bond acceptors (Lipinski definition) is 4. The summed E-state index contributed by atoms with van der Waals surface area (Å²) in [7, 11) is 0. The minimum absolute atomic E-state index is 0.502. The minimum atomic E-state index is 0.502. The van der Waals surface area contributed by atoms with E-state index in [2.05, 4.69) is 15.5 Å². The lowest BCUT2D eigenvalue weighted by Crippen LogP contribution is -2.03. The molecule has 0 saturated heterocycles. The normalized spacial score (nSPS) is 10.4. The van der Waals surface area contributed by atoms with Gasteiger partial charge < -0.3 is 9.84 Å². The quantitative estimate of drug-likeness (QED) is 0.892. The first-order chi connectivity index (χ1) is 7.66. The highest BCUT2D eigenvalue weighted by molar-refractivity contribution is 6.33. The summed E-state index contributed by atoms with van der Waals surface area (Å²) < 4.78 is 4.88. The van der Waals surface area contributed by atoms with Crippen LogP contribution in [0, 0.1) is 13.8 Å². The Hall–Kier alpha value is -1.55. The van der Waals surface area contributed by atoms with Crippen LogP contribution in [-0.4, -0.2) is 10.1 Å². The summed E-state index contributed by atoms with van der Waals surface area (Å²) in [6, 6.07) is 5.76. The van der Waals surface area contributed by atoms with Gasteiger partial charge in [0.25, 0.3) is 0 Å². The van der Waals surface area contributed by atoms with Gasteiger partial charge in [-0.1, -0.05) is 28.9 Å². The second-order valence-electron chi connectivity index (χ2n) is 3.51. The molecule has 4 nitrogen and oxygen atoms in total. The zero-order valence-electron chi connectivity index (χ0n) is 9.12. The molecule has 2 rings (SSSR count). The summed E-state index contributed by atoms with van der Waals surface area (Å²) in [6.45, 7) is 4.26. The van der Waals surface area contributed by atoms with Crippen LogP contribution in [0.2, 0.25) is 5.02 Å². The molecule has 0 atom stereocenters. The molecule has 1 aromatic carbocycles. The van der Waals surface area contributed by atoms with Crippen molar-refractivity contribution in [1.29, 1.82) is 0 Å². The number of benzene rings is 1. The smallest absolute Gasteiger partial charge is 0.223 e. The van der Waals surface area contributed by atoms with Crippen LogP contribution in [0.4, 0.5) is 5.69 Å². The van der Waals surface area contributed by atoms with Gasteiger partial charge in [-0.2, -0.15) is 4.98 Å². The average Bonchev–Trinajstić information content (AvgIpc) is 2.63. The van der Waals surface area contributed by atoms with Crippen LogP contribution < -0.4 is 5.32 Å². The highest BCUT2D eigenvalue weighted by Gasteiger charge is 2.05. The fraction of sp³-hybridized carbons (Fsp3) is 0.273. The van der Waals surface area contributed by atoms with Gasteiger partial charge in [0.1, 0.15) is 0 Å². The number of aryl methyl sites for hydroxylation is 2. The number of anilines is 1.